The maximum absolute atomic E-state index is 13.0. The Morgan fingerprint density at radius 3 is 2.29 bits per heavy atom. The molecule has 1 heterocycles. The molecule has 6 nitrogen and oxygen atoms in total. The Morgan fingerprint density at radius 1 is 1.07 bits per heavy atom. The molecule has 152 valence electrons. The number of nitrogens with one attached hydrogen (secondary N) is 2. The number of nitrogen functional groups attached to an aromatic ring is 1. The second-order valence-corrected chi connectivity index (χ2v) is 6.78. The van der Waals surface area contributed by atoms with E-state index in [-0.39, 0.29) is 29.6 Å². The molecule has 11 heteroatoms. The van der Waals surface area contributed by atoms with Gasteiger partial charge < -0.3 is 16.4 Å². The van der Waals surface area contributed by atoms with E-state index in [2.05, 4.69) is 15.6 Å². The van der Waals surface area contributed by atoms with E-state index in [4.69, 9.17) is 5.73 Å². The smallest absolute Gasteiger partial charge is 0.397 e. The van der Waals surface area contributed by atoms with Crippen molar-refractivity contribution in [1.82, 2.24) is 4.98 Å². The average molecular weight is 418 g/mol. The Morgan fingerprint density at radius 2 is 1.71 bits per heavy atom. The van der Waals surface area contributed by atoms with Crippen LogP contribution in [-0.4, -0.2) is 16.8 Å². The van der Waals surface area contributed by atoms with Gasteiger partial charge in [-0.05, 0) is 31.0 Å². The van der Waals surface area contributed by atoms with Crippen LogP contribution in [0.25, 0.3) is 0 Å². The number of carbonyl (C=O) groups excluding carboxylic acids is 2. The van der Waals surface area contributed by atoms with Crippen LogP contribution in [0.5, 0.6) is 0 Å². The predicted molar refractivity (Wildman–Crippen MR) is 98.3 cm³/mol. The van der Waals surface area contributed by atoms with E-state index in [1.165, 1.54) is 12.1 Å². The first-order valence-corrected chi connectivity index (χ1v) is 9.20. The van der Waals surface area contributed by atoms with Gasteiger partial charge in [-0.25, -0.2) is 9.37 Å². The summed E-state index contributed by atoms with van der Waals surface area (Å²) in [7, 11) is 0. The molecule has 0 bridgehead atoms. The largest absolute Gasteiger partial charge is 0.434 e. The lowest BCUT2D eigenvalue weighted by molar-refractivity contribution is -0.140. The predicted octanol–water partition coefficient (Wildman–Crippen LogP) is 4.41. The molecule has 0 saturated carbocycles. The van der Waals surface area contributed by atoms with Crippen LogP contribution in [0.1, 0.15) is 37.8 Å². The van der Waals surface area contributed by atoms with Gasteiger partial charge in [0.15, 0.2) is 10.8 Å². The molecule has 0 aliphatic heterocycles. The van der Waals surface area contributed by atoms with Crippen LogP contribution >= 0.6 is 11.3 Å². The number of unbranched alkanes of at least 4 members (excludes halogenated alkanes) is 2. The van der Waals surface area contributed by atoms with Gasteiger partial charge in [0.05, 0.1) is 11.4 Å². The molecule has 0 fully saturated rings. The molecular formula is C17H18F4N4O2S. The summed E-state index contributed by atoms with van der Waals surface area (Å²) in [6.45, 7) is 0. The number of nitrogens with two attached hydrogens (primary N) is 1. The van der Waals surface area contributed by atoms with E-state index in [0.717, 1.165) is 11.4 Å². The molecule has 0 aliphatic rings. The number of anilines is 3. The van der Waals surface area contributed by atoms with Gasteiger partial charge in [0.2, 0.25) is 11.8 Å². The second-order valence-electron chi connectivity index (χ2n) is 5.92. The van der Waals surface area contributed by atoms with Gasteiger partial charge >= 0.3 is 6.18 Å². The zero-order chi connectivity index (χ0) is 20.7. The van der Waals surface area contributed by atoms with E-state index in [1.807, 2.05) is 0 Å². The highest BCUT2D eigenvalue weighted by atomic mass is 32.1. The molecule has 28 heavy (non-hydrogen) atoms. The molecular weight excluding hydrogens is 400 g/mol. The van der Waals surface area contributed by atoms with Gasteiger partial charge in [0.25, 0.3) is 0 Å². The molecule has 0 radical (unpaired) electrons. The summed E-state index contributed by atoms with van der Waals surface area (Å²) in [5.41, 5.74) is 5.01. The standard InChI is InChI=1S/C17H18F4N4O2S/c18-10-6-7-12(11(22)8-10)23-14(26)4-2-1-3-5-15(27)25-16-24-13(9-28-16)17(19,20)21/h6-9H,1-5,22H2,(H,23,26)(H,24,25,27). The lowest BCUT2D eigenvalue weighted by atomic mass is 10.1. The summed E-state index contributed by atoms with van der Waals surface area (Å²) >= 11 is 0.706. The first-order valence-electron chi connectivity index (χ1n) is 8.32. The Labute approximate surface area is 162 Å². The number of amides is 2. The van der Waals surface area contributed by atoms with Crippen molar-refractivity contribution >= 4 is 39.7 Å². The van der Waals surface area contributed by atoms with Crippen LogP contribution in [0, 0.1) is 5.82 Å². The molecule has 0 aliphatic carbocycles. The van der Waals surface area contributed by atoms with Crippen molar-refractivity contribution < 1.29 is 27.2 Å². The number of rotatable bonds is 8. The zero-order valence-electron chi connectivity index (χ0n) is 14.6. The minimum absolute atomic E-state index is 0.103. The van der Waals surface area contributed by atoms with Crippen molar-refractivity contribution in [3.8, 4) is 0 Å². The maximum atomic E-state index is 13.0. The number of hydrogen-bond acceptors (Lipinski definition) is 5. The first-order chi connectivity index (χ1) is 13.1. The second kappa shape index (κ2) is 9.49. The molecule has 0 spiro atoms. The van der Waals surface area contributed by atoms with Gasteiger partial charge in [0.1, 0.15) is 5.82 Å². The fraction of sp³-hybridized carbons (Fsp3) is 0.353. The average Bonchev–Trinajstić information content (AvgIpc) is 3.06. The van der Waals surface area contributed by atoms with Crippen molar-refractivity contribution in [2.45, 2.75) is 38.3 Å². The van der Waals surface area contributed by atoms with Crippen molar-refractivity contribution in [1.29, 1.82) is 0 Å². The van der Waals surface area contributed by atoms with Crippen LogP contribution in [0.3, 0.4) is 0 Å². The molecule has 0 atom stereocenters. The molecule has 1 aromatic carbocycles. The number of alkyl halides is 3. The van der Waals surface area contributed by atoms with E-state index in [9.17, 15) is 27.2 Å². The van der Waals surface area contributed by atoms with Gasteiger partial charge in [-0.3, -0.25) is 9.59 Å². The van der Waals surface area contributed by atoms with Crippen LogP contribution in [0.4, 0.5) is 34.1 Å². The monoisotopic (exact) mass is 418 g/mol. The van der Waals surface area contributed by atoms with E-state index in [1.54, 1.807) is 0 Å². The number of nitrogens with zero attached hydrogens (tertiary/aromatic N) is 1. The van der Waals surface area contributed by atoms with Crippen molar-refractivity contribution in [3.63, 3.8) is 0 Å². The Balaban J connectivity index is 1.63. The topological polar surface area (TPSA) is 97.1 Å². The summed E-state index contributed by atoms with van der Waals surface area (Å²) in [4.78, 5) is 26.9. The summed E-state index contributed by atoms with van der Waals surface area (Å²) in [6.07, 6.45) is -2.69. The number of aromatic nitrogens is 1. The molecule has 2 aromatic rings. The van der Waals surface area contributed by atoms with Crippen LogP contribution < -0.4 is 16.4 Å². The Bertz CT molecular complexity index is 839. The normalized spacial score (nSPS) is 11.3. The lowest BCUT2D eigenvalue weighted by Crippen LogP contribution is -2.13. The molecule has 2 amide bonds. The lowest BCUT2D eigenvalue weighted by Gasteiger charge is -2.08. The van der Waals surface area contributed by atoms with Crippen LogP contribution in [-0.2, 0) is 15.8 Å². The third-order valence-electron chi connectivity index (χ3n) is 3.64. The quantitative estimate of drug-likeness (QED) is 0.336. The summed E-state index contributed by atoms with van der Waals surface area (Å²) < 4.78 is 50.3. The number of benzene rings is 1. The highest BCUT2D eigenvalue weighted by Crippen LogP contribution is 2.31. The fourth-order valence-electron chi connectivity index (χ4n) is 2.25. The minimum Gasteiger partial charge on any atom is -0.397 e. The number of halogens is 4. The van der Waals surface area contributed by atoms with Gasteiger partial charge in [-0.15, -0.1) is 11.3 Å². The highest BCUT2D eigenvalue weighted by molar-refractivity contribution is 7.13. The number of thiazole rings is 1. The molecule has 2 rings (SSSR count). The van der Waals surface area contributed by atoms with Crippen molar-refractivity contribution in [2.75, 3.05) is 16.4 Å². The third-order valence-corrected chi connectivity index (χ3v) is 4.39. The number of hydrogen-bond donors (Lipinski definition) is 3. The zero-order valence-corrected chi connectivity index (χ0v) is 15.4. The van der Waals surface area contributed by atoms with Crippen LogP contribution in [0.2, 0.25) is 0 Å². The van der Waals surface area contributed by atoms with E-state index < -0.39 is 23.6 Å². The summed E-state index contributed by atoms with van der Waals surface area (Å²) in [5.74, 6) is -1.22. The molecule has 4 N–H and O–H groups in total. The summed E-state index contributed by atoms with van der Waals surface area (Å²) in [5, 5.41) is 5.63. The molecule has 0 saturated heterocycles. The van der Waals surface area contributed by atoms with Gasteiger partial charge in [-0.1, -0.05) is 6.42 Å². The van der Waals surface area contributed by atoms with Crippen LogP contribution in [0.15, 0.2) is 23.6 Å². The highest BCUT2D eigenvalue weighted by Gasteiger charge is 2.33. The van der Waals surface area contributed by atoms with E-state index >= 15 is 0 Å². The van der Waals surface area contributed by atoms with Crippen molar-refractivity contribution in [3.05, 3.63) is 35.1 Å². The van der Waals surface area contributed by atoms with Gasteiger partial charge in [-0.2, -0.15) is 13.2 Å². The third kappa shape index (κ3) is 6.80. The maximum Gasteiger partial charge on any atom is 0.434 e. The van der Waals surface area contributed by atoms with Crippen molar-refractivity contribution in [2.24, 2.45) is 0 Å². The minimum atomic E-state index is -4.54. The SMILES string of the molecule is Nc1cc(F)ccc1NC(=O)CCCCCC(=O)Nc1nc(C(F)(F)F)cs1. The number of carbonyl (C=O) groups is 2. The Hall–Kier alpha value is -2.69. The first kappa shape index (κ1) is 21.6. The van der Waals surface area contributed by atoms with Gasteiger partial charge in [0, 0.05) is 18.2 Å². The van der Waals surface area contributed by atoms with E-state index in [0.29, 0.717) is 36.3 Å². The summed E-state index contributed by atoms with van der Waals surface area (Å²) in [6, 6.07) is 3.66. The molecule has 1 aromatic heterocycles. The fourth-order valence-corrected chi connectivity index (χ4v) is 2.98. The molecule has 0 unspecified atom stereocenters. The Kier molecular flexibility index (Phi) is 7.32.